The normalized spacial score (nSPS) is 14.0. The third-order valence-corrected chi connectivity index (χ3v) is 5.11. The van der Waals surface area contributed by atoms with Crippen molar-refractivity contribution in [1.82, 2.24) is 0 Å². The van der Waals surface area contributed by atoms with Crippen LogP contribution in [0.2, 0.25) is 0 Å². The van der Waals surface area contributed by atoms with E-state index < -0.39 is 0 Å². The number of benzene rings is 3. The number of ketones is 1. The fourth-order valence-electron chi connectivity index (χ4n) is 3.27. The first-order valence-electron chi connectivity index (χ1n) is 9.97. The highest BCUT2D eigenvalue weighted by Crippen LogP contribution is 2.35. The molecular formula is C26H24O4. The summed E-state index contributed by atoms with van der Waals surface area (Å²) in [7, 11) is 1.64. The maximum absolute atomic E-state index is 12.7. The monoisotopic (exact) mass is 400 g/mol. The Kier molecular flexibility index (Phi) is 5.57. The zero-order valence-corrected chi connectivity index (χ0v) is 17.3. The molecule has 30 heavy (non-hydrogen) atoms. The summed E-state index contributed by atoms with van der Waals surface area (Å²) < 4.78 is 16.9. The number of carbonyl (C=O) groups is 1. The van der Waals surface area contributed by atoms with Crippen molar-refractivity contribution >= 4 is 11.9 Å². The number of Topliss-reactive ketones (excluding diaryl/α,β-unsaturated/α-hetero) is 1. The van der Waals surface area contributed by atoms with Gasteiger partial charge in [-0.1, -0.05) is 50.2 Å². The topological polar surface area (TPSA) is 44.8 Å². The van der Waals surface area contributed by atoms with Gasteiger partial charge in [-0.3, -0.25) is 4.79 Å². The predicted octanol–water partition coefficient (Wildman–Crippen LogP) is 6.01. The lowest BCUT2D eigenvalue weighted by atomic mass is 10.0. The quantitative estimate of drug-likeness (QED) is 0.475. The summed E-state index contributed by atoms with van der Waals surface area (Å²) in [6.07, 6.45) is 1.78. The van der Waals surface area contributed by atoms with Crippen molar-refractivity contribution in [3.8, 4) is 17.2 Å². The number of fused-ring (bicyclic) bond motifs is 1. The zero-order chi connectivity index (χ0) is 21.1. The molecule has 0 saturated heterocycles. The van der Waals surface area contributed by atoms with E-state index in [1.54, 1.807) is 31.4 Å². The standard InChI is InChI=1S/C26H24O4/c1-17(2)20-8-4-18(5-9-20)14-25-26(27)23-13-12-22(15-24(23)30-25)29-16-19-6-10-21(28-3)11-7-19/h4-15,17H,16H2,1-3H3/b25-14-. The van der Waals surface area contributed by atoms with Crippen LogP contribution in [0.3, 0.4) is 0 Å². The van der Waals surface area contributed by atoms with E-state index in [2.05, 4.69) is 26.0 Å². The fraction of sp³-hybridized carbons (Fsp3) is 0.192. The molecule has 0 spiro atoms. The van der Waals surface area contributed by atoms with Crippen molar-refractivity contribution in [3.63, 3.8) is 0 Å². The summed E-state index contributed by atoms with van der Waals surface area (Å²) in [5.41, 5.74) is 3.78. The molecule has 3 aromatic rings. The number of methoxy groups -OCH3 is 1. The second-order valence-electron chi connectivity index (χ2n) is 7.56. The highest BCUT2D eigenvalue weighted by Gasteiger charge is 2.27. The smallest absolute Gasteiger partial charge is 0.231 e. The second-order valence-corrected chi connectivity index (χ2v) is 7.56. The Morgan fingerprint density at radius 1 is 0.933 bits per heavy atom. The molecule has 0 N–H and O–H groups in total. The SMILES string of the molecule is COc1ccc(COc2ccc3c(c2)O/C(=C\c2ccc(C(C)C)cc2)C3=O)cc1. The first-order valence-corrected chi connectivity index (χ1v) is 9.97. The Hall–Kier alpha value is -3.53. The predicted molar refractivity (Wildman–Crippen MR) is 117 cm³/mol. The van der Waals surface area contributed by atoms with Gasteiger partial charge in [0.15, 0.2) is 5.76 Å². The van der Waals surface area contributed by atoms with Crippen molar-refractivity contribution < 1.29 is 19.0 Å². The largest absolute Gasteiger partial charge is 0.497 e. The number of rotatable bonds is 6. The van der Waals surface area contributed by atoms with Crippen LogP contribution in [0.25, 0.3) is 6.08 Å². The van der Waals surface area contributed by atoms with Crippen LogP contribution in [0, 0.1) is 0 Å². The van der Waals surface area contributed by atoms with Crippen LogP contribution in [-0.2, 0) is 6.61 Å². The van der Waals surface area contributed by atoms with Crippen molar-refractivity contribution in [2.24, 2.45) is 0 Å². The molecule has 0 atom stereocenters. The van der Waals surface area contributed by atoms with Crippen LogP contribution in [0.1, 0.15) is 46.8 Å². The molecule has 0 aliphatic carbocycles. The van der Waals surface area contributed by atoms with Crippen LogP contribution >= 0.6 is 0 Å². The lowest BCUT2D eigenvalue weighted by molar-refractivity contribution is 0.101. The molecule has 1 heterocycles. The van der Waals surface area contributed by atoms with E-state index in [1.165, 1.54) is 5.56 Å². The van der Waals surface area contributed by atoms with Gasteiger partial charge in [0, 0.05) is 6.07 Å². The highest BCUT2D eigenvalue weighted by molar-refractivity contribution is 6.14. The van der Waals surface area contributed by atoms with E-state index >= 15 is 0 Å². The Balaban J connectivity index is 1.46. The molecule has 3 aromatic carbocycles. The maximum atomic E-state index is 12.7. The van der Waals surface area contributed by atoms with Gasteiger partial charge in [-0.25, -0.2) is 0 Å². The molecule has 0 bridgehead atoms. The van der Waals surface area contributed by atoms with Gasteiger partial charge in [-0.05, 0) is 52.9 Å². The Morgan fingerprint density at radius 3 is 2.30 bits per heavy atom. The fourth-order valence-corrected chi connectivity index (χ4v) is 3.27. The third-order valence-electron chi connectivity index (χ3n) is 5.11. The summed E-state index contributed by atoms with van der Waals surface area (Å²) in [6.45, 7) is 4.73. The molecule has 0 amide bonds. The average molecular weight is 400 g/mol. The minimum absolute atomic E-state index is 0.111. The summed E-state index contributed by atoms with van der Waals surface area (Å²) in [6, 6.07) is 21.2. The lowest BCUT2D eigenvalue weighted by Gasteiger charge is -2.08. The Labute approximate surface area is 176 Å². The van der Waals surface area contributed by atoms with Gasteiger partial charge in [0.05, 0.1) is 12.7 Å². The van der Waals surface area contributed by atoms with Crippen LogP contribution in [0.4, 0.5) is 0 Å². The van der Waals surface area contributed by atoms with Crippen molar-refractivity contribution in [2.45, 2.75) is 26.4 Å². The lowest BCUT2D eigenvalue weighted by Crippen LogP contribution is -1.98. The molecule has 0 saturated carbocycles. The summed E-state index contributed by atoms with van der Waals surface area (Å²) in [4.78, 5) is 12.7. The first kappa shape index (κ1) is 19.8. The highest BCUT2D eigenvalue weighted by atomic mass is 16.5. The molecule has 152 valence electrons. The van der Waals surface area contributed by atoms with E-state index in [0.29, 0.717) is 35.3 Å². The third kappa shape index (κ3) is 4.23. The van der Waals surface area contributed by atoms with Crippen LogP contribution in [0.15, 0.2) is 72.5 Å². The van der Waals surface area contributed by atoms with E-state index in [9.17, 15) is 4.79 Å². The van der Waals surface area contributed by atoms with E-state index in [4.69, 9.17) is 14.2 Å². The Bertz CT molecular complexity index is 1080. The molecule has 1 aliphatic rings. The van der Waals surface area contributed by atoms with Gasteiger partial charge in [0.25, 0.3) is 0 Å². The molecular weight excluding hydrogens is 376 g/mol. The molecule has 0 aromatic heterocycles. The number of allylic oxidation sites excluding steroid dienone is 1. The van der Waals surface area contributed by atoms with E-state index in [1.807, 2.05) is 36.4 Å². The van der Waals surface area contributed by atoms with Gasteiger partial charge in [-0.15, -0.1) is 0 Å². The average Bonchev–Trinajstić information content (AvgIpc) is 3.07. The van der Waals surface area contributed by atoms with Crippen LogP contribution in [-0.4, -0.2) is 12.9 Å². The van der Waals surface area contributed by atoms with Gasteiger partial charge in [0.2, 0.25) is 5.78 Å². The molecule has 4 heteroatoms. The van der Waals surface area contributed by atoms with Crippen molar-refractivity contribution in [1.29, 1.82) is 0 Å². The van der Waals surface area contributed by atoms with Crippen LogP contribution in [0.5, 0.6) is 17.2 Å². The van der Waals surface area contributed by atoms with Gasteiger partial charge < -0.3 is 14.2 Å². The minimum atomic E-state index is -0.111. The molecule has 0 radical (unpaired) electrons. The molecule has 4 nitrogen and oxygen atoms in total. The van der Waals surface area contributed by atoms with Gasteiger partial charge >= 0.3 is 0 Å². The minimum Gasteiger partial charge on any atom is -0.497 e. The maximum Gasteiger partial charge on any atom is 0.231 e. The number of carbonyl (C=O) groups excluding carboxylic acids is 1. The van der Waals surface area contributed by atoms with Crippen molar-refractivity contribution in [2.75, 3.05) is 7.11 Å². The van der Waals surface area contributed by atoms with Gasteiger partial charge in [0.1, 0.15) is 23.9 Å². The van der Waals surface area contributed by atoms with E-state index in [0.717, 1.165) is 16.9 Å². The number of ether oxygens (including phenoxy) is 3. The number of hydrogen-bond acceptors (Lipinski definition) is 4. The van der Waals surface area contributed by atoms with Crippen LogP contribution < -0.4 is 14.2 Å². The molecule has 4 rings (SSSR count). The van der Waals surface area contributed by atoms with E-state index in [-0.39, 0.29) is 5.78 Å². The molecule has 0 fully saturated rings. The molecule has 0 unspecified atom stereocenters. The number of hydrogen-bond donors (Lipinski definition) is 0. The Morgan fingerprint density at radius 2 is 1.63 bits per heavy atom. The summed E-state index contributed by atoms with van der Waals surface area (Å²) in [5.74, 6) is 2.67. The second kappa shape index (κ2) is 8.46. The summed E-state index contributed by atoms with van der Waals surface area (Å²) in [5, 5.41) is 0. The zero-order valence-electron chi connectivity index (χ0n) is 17.3. The molecule has 1 aliphatic heterocycles. The van der Waals surface area contributed by atoms with Crippen molar-refractivity contribution in [3.05, 3.63) is 94.7 Å². The summed E-state index contributed by atoms with van der Waals surface area (Å²) >= 11 is 0. The van der Waals surface area contributed by atoms with Gasteiger partial charge in [-0.2, -0.15) is 0 Å². The first-order chi connectivity index (χ1) is 14.5.